The zero-order valence-corrected chi connectivity index (χ0v) is 15.3. The minimum Gasteiger partial charge on any atom is -0.298 e. The summed E-state index contributed by atoms with van der Waals surface area (Å²) in [6, 6.07) is 17.3. The number of hydrogen-bond donors (Lipinski definition) is 0. The van der Waals surface area contributed by atoms with Gasteiger partial charge in [0.1, 0.15) is 0 Å². The van der Waals surface area contributed by atoms with Gasteiger partial charge in [-0.1, -0.05) is 36.4 Å². The molecule has 2 fully saturated rings. The van der Waals surface area contributed by atoms with Crippen LogP contribution in [-0.4, -0.2) is 41.0 Å². The number of rotatable bonds is 4. The van der Waals surface area contributed by atoms with Crippen LogP contribution in [0.1, 0.15) is 36.2 Å². The molecule has 2 aliphatic heterocycles. The Kier molecular flexibility index (Phi) is 4.87. The Morgan fingerprint density at radius 2 is 1.68 bits per heavy atom. The molecule has 2 aromatic rings. The van der Waals surface area contributed by atoms with Crippen molar-refractivity contribution >= 4 is 0 Å². The van der Waals surface area contributed by atoms with Crippen molar-refractivity contribution in [1.82, 2.24) is 14.8 Å². The minimum absolute atomic E-state index is 0.497. The fraction of sp³-hybridized carbons (Fsp3) is 0.500. The number of piperidine rings is 1. The lowest BCUT2D eigenvalue weighted by atomic mass is 9.79. The molecule has 0 N–H and O–H groups in total. The van der Waals surface area contributed by atoms with E-state index in [1.807, 2.05) is 0 Å². The van der Waals surface area contributed by atoms with Gasteiger partial charge in [0.25, 0.3) is 0 Å². The summed E-state index contributed by atoms with van der Waals surface area (Å²) in [6.07, 6.45) is 4.05. The summed E-state index contributed by atoms with van der Waals surface area (Å²) in [7, 11) is 0. The molecule has 0 unspecified atom stereocenters. The number of aryl methyl sites for hydroxylation is 1. The average Bonchev–Trinajstić information content (AvgIpc) is 2.97. The maximum atomic E-state index is 4.70. The van der Waals surface area contributed by atoms with Gasteiger partial charge >= 0.3 is 0 Å². The first-order chi connectivity index (χ1) is 12.2. The van der Waals surface area contributed by atoms with E-state index < -0.39 is 0 Å². The van der Waals surface area contributed by atoms with Gasteiger partial charge in [0, 0.05) is 31.9 Å². The van der Waals surface area contributed by atoms with Crippen molar-refractivity contribution in [1.29, 1.82) is 0 Å². The van der Waals surface area contributed by atoms with Gasteiger partial charge < -0.3 is 0 Å². The monoisotopic (exact) mass is 335 g/mol. The number of aromatic nitrogens is 1. The lowest BCUT2D eigenvalue weighted by molar-refractivity contribution is 0.0857. The van der Waals surface area contributed by atoms with Gasteiger partial charge in [0.15, 0.2) is 0 Å². The molecule has 1 aromatic heterocycles. The van der Waals surface area contributed by atoms with Crippen molar-refractivity contribution in [3.05, 3.63) is 65.5 Å². The van der Waals surface area contributed by atoms with Crippen molar-refractivity contribution in [2.24, 2.45) is 5.41 Å². The summed E-state index contributed by atoms with van der Waals surface area (Å²) in [5.74, 6) is 0. The molecule has 25 heavy (non-hydrogen) atoms. The third-order valence-electron chi connectivity index (χ3n) is 5.84. The van der Waals surface area contributed by atoms with Crippen molar-refractivity contribution in [3.8, 4) is 0 Å². The zero-order valence-electron chi connectivity index (χ0n) is 15.3. The first-order valence-electron chi connectivity index (χ1n) is 9.62. The molecule has 1 atom stereocenters. The van der Waals surface area contributed by atoms with E-state index in [0.29, 0.717) is 5.41 Å². The van der Waals surface area contributed by atoms with Crippen LogP contribution < -0.4 is 0 Å². The van der Waals surface area contributed by atoms with Gasteiger partial charge in [-0.2, -0.15) is 0 Å². The summed E-state index contributed by atoms with van der Waals surface area (Å²) in [5.41, 5.74) is 4.28. The molecule has 4 rings (SSSR count). The summed E-state index contributed by atoms with van der Waals surface area (Å²) < 4.78 is 0. The molecule has 3 heteroatoms. The molecule has 0 bridgehead atoms. The van der Waals surface area contributed by atoms with E-state index >= 15 is 0 Å². The summed E-state index contributed by atoms with van der Waals surface area (Å²) in [4.78, 5) is 9.99. The first-order valence-corrected chi connectivity index (χ1v) is 9.62. The Hall–Kier alpha value is -1.71. The third-order valence-corrected chi connectivity index (χ3v) is 5.84. The molecule has 132 valence electrons. The Bertz CT molecular complexity index is 699. The predicted octanol–water partition coefficient (Wildman–Crippen LogP) is 3.88. The quantitative estimate of drug-likeness (QED) is 0.845. The number of nitrogens with zero attached hydrogens (tertiary/aromatic N) is 3. The van der Waals surface area contributed by atoms with E-state index in [4.69, 9.17) is 4.98 Å². The molecular formula is C22H29N3. The van der Waals surface area contributed by atoms with E-state index in [0.717, 1.165) is 18.8 Å². The Balaban J connectivity index is 1.37. The summed E-state index contributed by atoms with van der Waals surface area (Å²) >= 11 is 0. The summed E-state index contributed by atoms with van der Waals surface area (Å²) in [5, 5.41) is 0. The van der Waals surface area contributed by atoms with Crippen LogP contribution >= 0.6 is 0 Å². The number of likely N-dealkylation sites (tertiary alicyclic amines) is 2. The highest BCUT2D eigenvalue weighted by atomic mass is 15.2. The molecule has 0 saturated carbocycles. The lowest BCUT2D eigenvalue weighted by Gasteiger charge is -2.40. The second kappa shape index (κ2) is 7.27. The summed E-state index contributed by atoms with van der Waals surface area (Å²) in [6.45, 7) is 9.12. The van der Waals surface area contributed by atoms with E-state index in [-0.39, 0.29) is 0 Å². The van der Waals surface area contributed by atoms with Crippen molar-refractivity contribution in [2.45, 2.75) is 39.3 Å². The van der Waals surface area contributed by atoms with E-state index in [9.17, 15) is 0 Å². The smallest absolute Gasteiger partial charge is 0.0547 e. The molecule has 1 aromatic carbocycles. The largest absolute Gasteiger partial charge is 0.298 e. The minimum atomic E-state index is 0.497. The van der Waals surface area contributed by atoms with E-state index in [1.54, 1.807) is 0 Å². The van der Waals surface area contributed by atoms with Crippen LogP contribution in [0, 0.1) is 12.3 Å². The highest BCUT2D eigenvalue weighted by Crippen LogP contribution is 2.39. The van der Waals surface area contributed by atoms with Crippen molar-refractivity contribution < 1.29 is 0 Å². The van der Waals surface area contributed by atoms with Gasteiger partial charge in [-0.05, 0) is 62.4 Å². The maximum absolute atomic E-state index is 4.70. The van der Waals surface area contributed by atoms with E-state index in [1.165, 1.54) is 56.7 Å². The average molecular weight is 335 g/mol. The molecule has 3 nitrogen and oxygen atoms in total. The molecular weight excluding hydrogens is 306 g/mol. The molecule has 2 saturated heterocycles. The SMILES string of the molecule is Cc1cccc(CN2CCC[C@@]3(CCN(Cc4ccccc4)C3)C2)n1. The third kappa shape index (κ3) is 4.10. The molecule has 1 spiro atoms. The highest BCUT2D eigenvalue weighted by Gasteiger charge is 2.41. The molecule has 0 amide bonds. The second-order valence-corrected chi connectivity index (χ2v) is 8.03. The first kappa shape index (κ1) is 16.7. The number of benzene rings is 1. The van der Waals surface area contributed by atoms with Crippen LogP contribution in [0.25, 0.3) is 0 Å². The van der Waals surface area contributed by atoms with Gasteiger partial charge in [-0.25, -0.2) is 0 Å². The van der Waals surface area contributed by atoms with Crippen LogP contribution in [0.15, 0.2) is 48.5 Å². The topological polar surface area (TPSA) is 19.4 Å². The van der Waals surface area contributed by atoms with Crippen molar-refractivity contribution in [2.75, 3.05) is 26.2 Å². The van der Waals surface area contributed by atoms with Crippen LogP contribution in [0.3, 0.4) is 0 Å². The standard InChI is InChI=1S/C22H29N3/c1-19-7-5-10-21(23-19)16-24-13-6-11-22(17-24)12-14-25(18-22)15-20-8-3-2-4-9-20/h2-5,7-10H,6,11-18H2,1H3/t22-/m1/s1. The molecule has 3 heterocycles. The van der Waals surface area contributed by atoms with Crippen LogP contribution in [-0.2, 0) is 13.1 Å². The highest BCUT2D eigenvalue weighted by molar-refractivity contribution is 5.15. The van der Waals surface area contributed by atoms with Gasteiger partial charge in [-0.3, -0.25) is 14.8 Å². The normalized spacial score (nSPS) is 24.8. The number of pyridine rings is 1. The Morgan fingerprint density at radius 3 is 2.48 bits per heavy atom. The maximum Gasteiger partial charge on any atom is 0.0547 e. The van der Waals surface area contributed by atoms with Crippen LogP contribution in [0.5, 0.6) is 0 Å². The zero-order chi connectivity index (χ0) is 17.1. The Morgan fingerprint density at radius 1 is 0.880 bits per heavy atom. The fourth-order valence-corrected chi connectivity index (χ4v) is 4.70. The predicted molar refractivity (Wildman–Crippen MR) is 102 cm³/mol. The fourth-order valence-electron chi connectivity index (χ4n) is 4.70. The number of hydrogen-bond acceptors (Lipinski definition) is 3. The van der Waals surface area contributed by atoms with Gasteiger partial charge in [-0.15, -0.1) is 0 Å². The van der Waals surface area contributed by atoms with Crippen LogP contribution in [0.4, 0.5) is 0 Å². The molecule has 0 aliphatic carbocycles. The lowest BCUT2D eigenvalue weighted by Crippen LogP contribution is -2.44. The molecule has 2 aliphatic rings. The van der Waals surface area contributed by atoms with Crippen LogP contribution in [0.2, 0.25) is 0 Å². The second-order valence-electron chi connectivity index (χ2n) is 8.03. The Labute approximate surface area is 151 Å². The molecule has 0 radical (unpaired) electrons. The van der Waals surface area contributed by atoms with Gasteiger partial charge in [0.05, 0.1) is 5.69 Å². The van der Waals surface area contributed by atoms with Gasteiger partial charge in [0.2, 0.25) is 0 Å². The van der Waals surface area contributed by atoms with Crippen molar-refractivity contribution in [3.63, 3.8) is 0 Å². The van der Waals surface area contributed by atoms with E-state index in [2.05, 4.69) is 65.3 Å².